The van der Waals surface area contributed by atoms with Crippen LogP contribution in [0.25, 0.3) is 0 Å². The number of hydrogen-bond donors (Lipinski definition) is 3. The van der Waals surface area contributed by atoms with Crippen molar-refractivity contribution < 1.29 is 20.1 Å². The topological polar surface area (TPSA) is 76.4 Å². The molecule has 0 heterocycles. The van der Waals surface area contributed by atoms with Crippen LogP contribution in [-0.2, 0) is 5.41 Å². The van der Waals surface area contributed by atoms with E-state index in [4.69, 9.17) is 4.74 Å². The van der Waals surface area contributed by atoms with Gasteiger partial charge in [0.2, 0.25) is 0 Å². The van der Waals surface area contributed by atoms with Crippen LogP contribution in [-0.4, -0.2) is 88.8 Å². The first-order chi connectivity index (χ1) is 16.5. The zero-order valence-corrected chi connectivity index (χ0v) is 22.4. The molecule has 4 atom stereocenters. The Hall–Kier alpha value is -1.96. The average molecular weight is 487 g/mol. The predicted octanol–water partition coefficient (Wildman–Crippen LogP) is 3.53. The molecule has 0 amide bonds. The van der Waals surface area contributed by atoms with Crippen molar-refractivity contribution in [3.63, 3.8) is 0 Å². The zero-order valence-electron chi connectivity index (χ0n) is 22.4. The molecule has 0 bridgehead atoms. The van der Waals surface area contributed by atoms with Crippen LogP contribution in [0.15, 0.2) is 54.6 Å². The molecule has 2 aromatic carbocycles. The Bertz CT molecular complexity index is 828. The summed E-state index contributed by atoms with van der Waals surface area (Å²) in [4.78, 5) is 4.24. The number of rotatable bonds is 15. The molecule has 2 aromatic rings. The molecule has 3 N–H and O–H groups in total. The van der Waals surface area contributed by atoms with Crippen molar-refractivity contribution in [2.45, 2.75) is 71.4 Å². The highest BCUT2D eigenvalue weighted by Gasteiger charge is 2.23. The van der Waals surface area contributed by atoms with Gasteiger partial charge in [0.15, 0.2) is 0 Å². The van der Waals surface area contributed by atoms with Crippen molar-refractivity contribution >= 4 is 0 Å². The number of nitrogens with zero attached hydrogens (tertiary/aromatic N) is 2. The Kier molecular flexibility index (Phi) is 11.7. The molecule has 0 aliphatic carbocycles. The largest absolute Gasteiger partial charge is 0.489 e. The Morgan fingerprint density at radius 3 is 1.54 bits per heavy atom. The standard InChI is InChI=1S/C29H46N2O4/c1-22(32)18-30(19-23(2)33)16-17-31(20-24(3)34)21-25(4)35-28-14-12-27(13-15-28)29(5,6)26-10-8-7-9-11-26/h7-15,22-25,32-34H,16-21H2,1-6H3. The van der Waals surface area contributed by atoms with E-state index in [2.05, 4.69) is 60.0 Å². The molecule has 0 radical (unpaired) electrons. The fourth-order valence-corrected chi connectivity index (χ4v) is 4.52. The lowest BCUT2D eigenvalue weighted by Crippen LogP contribution is -2.45. The fraction of sp³-hybridized carbons (Fsp3) is 0.586. The van der Waals surface area contributed by atoms with Gasteiger partial charge in [-0.25, -0.2) is 0 Å². The van der Waals surface area contributed by atoms with Gasteiger partial charge in [-0.1, -0.05) is 56.3 Å². The number of aliphatic hydroxyl groups excluding tert-OH is 3. The molecular formula is C29H46N2O4. The van der Waals surface area contributed by atoms with Gasteiger partial charge in [-0.15, -0.1) is 0 Å². The Morgan fingerprint density at radius 1 is 0.657 bits per heavy atom. The predicted molar refractivity (Wildman–Crippen MR) is 143 cm³/mol. The molecule has 0 fully saturated rings. The van der Waals surface area contributed by atoms with E-state index in [0.717, 1.165) is 5.75 Å². The summed E-state index contributed by atoms with van der Waals surface area (Å²) in [7, 11) is 0. The van der Waals surface area contributed by atoms with Crippen molar-refractivity contribution in [1.29, 1.82) is 0 Å². The third-order valence-electron chi connectivity index (χ3n) is 6.22. The monoisotopic (exact) mass is 486 g/mol. The SMILES string of the molecule is CC(O)CN(CCN(CC(C)O)CC(C)Oc1ccc(C(C)(C)c2ccccc2)cc1)CC(C)O. The van der Waals surface area contributed by atoms with Crippen LogP contribution in [0.4, 0.5) is 0 Å². The fourth-order valence-electron chi connectivity index (χ4n) is 4.52. The molecule has 6 heteroatoms. The molecule has 0 saturated heterocycles. The van der Waals surface area contributed by atoms with Crippen molar-refractivity contribution in [3.05, 3.63) is 65.7 Å². The van der Waals surface area contributed by atoms with Gasteiger partial charge in [0.1, 0.15) is 11.9 Å². The van der Waals surface area contributed by atoms with Gasteiger partial charge in [0, 0.05) is 44.7 Å². The van der Waals surface area contributed by atoms with Crippen molar-refractivity contribution in [1.82, 2.24) is 9.80 Å². The van der Waals surface area contributed by atoms with Crippen LogP contribution in [0.1, 0.15) is 52.7 Å². The van der Waals surface area contributed by atoms with E-state index in [1.807, 2.05) is 25.1 Å². The summed E-state index contributed by atoms with van der Waals surface area (Å²) in [6.45, 7) is 15.4. The minimum absolute atomic E-state index is 0.0660. The van der Waals surface area contributed by atoms with E-state index in [1.54, 1.807) is 20.8 Å². The number of benzene rings is 2. The maximum Gasteiger partial charge on any atom is 0.119 e. The molecule has 0 saturated carbocycles. The molecule has 4 unspecified atom stereocenters. The first-order valence-electron chi connectivity index (χ1n) is 12.8. The van der Waals surface area contributed by atoms with E-state index in [-0.39, 0.29) is 11.5 Å². The van der Waals surface area contributed by atoms with Gasteiger partial charge in [-0.05, 0) is 51.0 Å². The molecule has 196 valence electrons. The van der Waals surface area contributed by atoms with Crippen molar-refractivity contribution in [2.75, 3.05) is 39.3 Å². The van der Waals surface area contributed by atoms with E-state index < -0.39 is 18.3 Å². The minimum Gasteiger partial charge on any atom is -0.489 e. The highest BCUT2D eigenvalue weighted by molar-refractivity contribution is 5.39. The van der Waals surface area contributed by atoms with Crippen LogP contribution in [0.3, 0.4) is 0 Å². The van der Waals surface area contributed by atoms with Crippen LogP contribution in [0.5, 0.6) is 5.75 Å². The van der Waals surface area contributed by atoms with Gasteiger partial charge < -0.3 is 20.1 Å². The smallest absolute Gasteiger partial charge is 0.119 e. The lowest BCUT2D eigenvalue weighted by Gasteiger charge is -2.31. The summed E-state index contributed by atoms with van der Waals surface area (Å²) >= 11 is 0. The van der Waals surface area contributed by atoms with Crippen LogP contribution in [0, 0.1) is 0 Å². The Balaban J connectivity index is 1.98. The van der Waals surface area contributed by atoms with E-state index in [1.165, 1.54) is 11.1 Å². The molecule has 0 spiro atoms. The van der Waals surface area contributed by atoms with E-state index in [9.17, 15) is 15.3 Å². The lowest BCUT2D eigenvalue weighted by atomic mass is 9.78. The van der Waals surface area contributed by atoms with Gasteiger partial charge in [-0.3, -0.25) is 9.80 Å². The third kappa shape index (κ3) is 10.3. The van der Waals surface area contributed by atoms with Gasteiger partial charge >= 0.3 is 0 Å². The second kappa shape index (κ2) is 14.0. The van der Waals surface area contributed by atoms with Crippen molar-refractivity contribution in [3.8, 4) is 5.75 Å². The molecule has 2 rings (SSSR count). The molecular weight excluding hydrogens is 440 g/mol. The van der Waals surface area contributed by atoms with Crippen LogP contribution >= 0.6 is 0 Å². The Labute approximate surface area is 212 Å². The maximum atomic E-state index is 10.0. The molecule has 0 aliphatic heterocycles. The number of hydrogen-bond acceptors (Lipinski definition) is 6. The zero-order chi connectivity index (χ0) is 26.0. The normalized spacial score (nSPS) is 15.7. The molecule has 35 heavy (non-hydrogen) atoms. The van der Waals surface area contributed by atoms with E-state index in [0.29, 0.717) is 39.3 Å². The second-order valence-electron chi connectivity index (χ2n) is 10.5. The van der Waals surface area contributed by atoms with Gasteiger partial charge in [0.25, 0.3) is 0 Å². The summed E-state index contributed by atoms with van der Waals surface area (Å²) < 4.78 is 6.22. The first kappa shape index (κ1) is 29.3. The van der Waals surface area contributed by atoms with Crippen LogP contribution < -0.4 is 4.74 Å². The van der Waals surface area contributed by atoms with Gasteiger partial charge in [-0.2, -0.15) is 0 Å². The summed E-state index contributed by atoms with van der Waals surface area (Å²) in [5.74, 6) is 0.826. The third-order valence-corrected chi connectivity index (χ3v) is 6.22. The highest BCUT2D eigenvalue weighted by Crippen LogP contribution is 2.32. The summed E-state index contributed by atoms with van der Waals surface area (Å²) in [5.41, 5.74) is 2.41. The highest BCUT2D eigenvalue weighted by atomic mass is 16.5. The molecule has 6 nitrogen and oxygen atoms in total. The number of ether oxygens (including phenoxy) is 1. The maximum absolute atomic E-state index is 10.0. The minimum atomic E-state index is -0.462. The van der Waals surface area contributed by atoms with Gasteiger partial charge in [0.05, 0.1) is 18.3 Å². The van der Waals surface area contributed by atoms with Crippen LogP contribution in [0.2, 0.25) is 0 Å². The summed E-state index contributed by atoms with van der Waals surface area (Å²) in [6.07, 6.45) is -1.44. The number of aliphatic hydroxyl groups is 3. The second-order valence-corrected chi connectivity index (χ2v) is 10.5. The average Bonchev–Trinajstić information content (AvgIpc) is 2.77. The quantitative estimate of drug-likeness (QED) is 0.358. The lowest BCUT2D eigenvalue weighted by molar-refractivity contribution is 0.0579. The molecule has 0 aliphatic rings. The summed E-state index contributed by atoms with van der Waals surface area (Å²) in [6, 6.07) is 18.8. The van der Waals surface area contributed by atoms with Crippen molar-refractivity contribution in [2.24, 2.45) is 0 Å². The Morgan fingerprint density at radius 2 is 1.09 bits per heavy atom. The molecule has 0 aromatic heterocycles. The first-order valence-corrected chi connectivity index (χ1v) is 12.8. The summed E-state index contributed by atoms with van der Waals surface area (Å²) in [5, 5.41) is 29.6. The van der Waals surface area contributed by atoms with E-state index >= 15 is 0 Å².